The molecule has 8 heteroatoms. The molecule has 2 rings (SSSR count). The van der Waals surface area contributed by atoms with Gasteiger partial charge in [0.2, 0.25) is 0 Å². The van der Waals surface area contributed by atoms with Crippen LogP contribution in [0.3, 0.4) is 0 Å². The third-order valence-electron chi connectivity index (χ3n) is 3.82. The lowest BCUT2D eigenvalue weighted by molar-refractivity contribution is -0.682. The molecule has 2 aromatic carbocycles. The predicted octanol–water partition coefficient (Wildman–Crippen LogP) is 3.47. The van der Waals surface area contributed by atoms with Gasteiger partial charge in [0, 0.05) is 16.7 Å². The summed E-state index contributed by atoms with van der Waals surface area (Å²) in [5.41, 5.74) is 1.60. The lowest BCUT2D eigenvalue weighted by Crippen LogP contribution is -2.86. The van der Waals surface area contributed by atoms with E-state index in [-0.39, 0.29) is 29.9 Å². The molecule has 6 nitrogen and oxygen atoms in total. The third kappa shape index (κ3) is 4.92. The van der Waals surface area contributed by atoms with Crippen LogP contribution in [0.15, 0.2) is 36.4 Å². The Morgan fingerprint density at radius 3 is 2.68 bits per heavy atom. The summed E-state index contributed by atoms with van der Waals surface area (Å²) in [5.74, 6) is -0.325. The van der Waals surface area contributed by atoms with Gasteiger partial charge < -0.3 is 10.6 Å². The van der Waals surface area contributed by atoms with Crippen molar-refractivity contribution >= 4 is 40.5 Å². The van der Waals surface area contributed by atoms with Crippen molar-refractivity contribution in [2.75, 3.05) is 11.9 Å². The minimum Gasteiger partial charge on any atom is -0.332 e. The Balaban J connectivity index is 2.03. The summed E-state index contributed by atoms with van der Waals surface area (Å²) in [7, 11) is 0. The molecule has 0 radical (unpaired) electrons. The number of rotatable bonds is 6. The molecule has 1 amide bonds. The van der Waals surface area contributed by atoms with Gasteiger partial charge in [0.05, 0.1) is 9.95 Å². The minimum atomic E-state index is -0.511. The highest BCUT2D eigenvalue weighted by Gasteiger charge is 2.20. The summed E-state index contributed by atoms with van der Waals surface area (Å²) < 4.78 is 0. The van der Waals surface area contributed by atoms with E-state index in [1.165, 1.54) is 6.07 Å². The van der Waals surface area contributed by atoms with Crippen molar-refractivity contribution < 1.29 is 15.0 Å². The number of aryl methyl sites for hydroxylation is 1. The lowest BCUT2D eigenvalue weighted by atomic mass is 10.1. The minimum absolute atomic E-state index is 0.0672. The number of halogens is 2. The van der Waals surface area contributed by atoms with Gasteiger partial charge in [0.15, 0.2) is 6.54 Å². The van der Waals surface area contributed by atoms with E-state index < -0.39 is 4.92 Å². The van der Waals surface area contributed by atoms with E-state index in [9.17, 15) is 14.9 Å². The summed E-state index contributed by atoms with van der Waals surface area (Å²) >= 11 is 12.0. The van der Waals surface area contributed by atoms with E-state index in [0.29, 0.717) is 15.6 Å². The van der Waals surface area contributed by atoms with Crippen molar-refractivity contribution in [3.63, 3.8) is 0 Å². The van der Waals surface area contributed by atoms with E-state index in [1.807, 2.05) is 13.0 Å². The number of carbonyl (C=O) groups excluding carboxylic acids is 1. The molecule has 0 spiro atoms. The first-order valence-corrected chi connectivity index (χ1v) is 8.37. The number of nitro benzene ring substituents is 1. The van der Waals surface area contributed by atoms with Gasteiger partial charge in [-0.2, -0.15) is 0 Å². The van der Waals surface area contributed by atoms with Crippen LogP contribution in [0.4, 0.5) is 11.4 Å². The Kier molecular flexibility index (Phi) is 6.36. The molecular weight excluding hydrogens is 365 g/mol. The average Bonchev–Trinajstić information content (AvgIpc) is 2.54. The van der Waals surface area contributed by atoms with Gasteiger partial charge in [-0.3, -0.25) is 14.9 Å². The Hall–Kier alpha value is -2.15. The van der Waals surface area contributed by atoms with Gasteiger partial charge in [-0.1, -0.05) is 41.4 Å². The number of amides is 1. The van der Waals surface area contributed by atoms with Crippen molar-refractivity contribution in [3.05, 3.63) is 67.7 Å². The maximum atomic E-state index is 12.2. The van der Waals surface area contributed by atoms with Crippen LogP contribution in [0.1, 0.15) is 24.1 Å². The molecule has 0 aliphatic heterocycles. The topological polar surface area (TPSA) is 88.9 Å². The zero-order valence-electron chi connectivity index (χ0n) is 13.8. The number of hydrogen-bond acceptors (Lipinski definition) is 3. The number of nitrogens with two attached hydrogens (primary N) is 1. The number of nitro groups is 1. The Labute approximate surface area is 155 Å². The molecule has 3 N–H and O–H groups in total. The predicted molar refractivity (Wildman–Crippen MR) is 98.1 cm³/mol. The molecule has 0 saturated heterocycles. The van der Waals surface area contributed by atoms with Crippen LogP contribution < -0.4 is 10.6 Å². The molecular formula is C17H18Cl2N3O3+. The number of nitrogens with zero attached hydrogens (tertiary/aromatic N) is 1. The fourth-order valence-electron chi connectivity index (χ4n) is 2.44. The maximum absolute atomic E-state index is 12.2. The molecule has 0 aliphatic carbocycles. The average molecular weight is 383 g/mol. The van der Waals surface area contributed by atoms with Crippen molar-refractivity contribution in [2.24, 2.45) is 0 Å². The van der Waals surface area contributed by atoms with Crippen molar-refractivity contribution in [3.8, 4) is 0 Å². The molecule has 0 bridgehead atoms. The molecule has 132 valence electrons. The summed E-state index contributed by atoms with van der Waals surface area (Å²) in [6.07, 6.45) is 0. The first kappa shape index (κ1) is 19.2. The van der Waals surface area contributed by atoms with Gasteiger partial charge in [0.1, 0.15) is 11.7 Å². The number of para-hydroxylation sites is 1. The van der Waals surface area contributed by atoms with Gasteiger partial charge in [-0.25, -0.2) is 0 Å². The molecule has 0 unspecified atom stereocenters. The largest absolute Gasteiger partial charge is 0.332 e. The number of quaternary nitrogens is 1. The summed E-state index contributed by atoms with van der Waals surface area (Å²) in [6.45, 7) is 3.73. The highest BCUT2D eigenvalue weighted by atomic mass is 35.5. The highest BCUT2D eigenvalue weighted by molar-refractivity contribution is 6.35. The van der Waals surface area contributed by atoms with Gasteiger partial charge in [-0.15, -0.1) is 0 Å². The zero-order chi connectivity index (χ0) is 18.6. The zero-order valence-corrected chi connectivity index (χ0v) is 15.3. The molecule has 0 aliphatic rings. The molecule has 0 saturated carbocycles. The quantitative estimate of drug-likeness (QED) is 0.591. The van der Waals surface area contributed by atoms with E-state index in [0.717, 1.165) is 5.56 Å². The van der Waals surface area contributed by atoms with Crippen LogP contribution in [0.25, 0.3) is 0 Å². The maximum Gasteiger partial charge on any atom is 0.293 e. The van der Waals surface area contributed by atoms with Crippen LogP contribution in [-0.4, -0.2) is 17.4 Å². The molecule has 0 aromatic heterocycles. The normalized spacial score (nSPS) is 11.8. The Morgan fingerprint density at radius 1 is 1.32 bits per heavy atom. The number of hydrogen-bond donors (Lipinski definition) is 2. The molecule has 0 heterocycles. The number of carbonyl (C=O) groups is 1. The number of benzene rings is 2. The number of anilines is 1. The van der Waals surface area contributed by atoms with Crippen molar-refractivity contribution in [1.29, 1.82) is 0 Å². The molecule has 25 heavy (non-hydrogen) atoms. The second-order valence-corrected chi connectivity index (χ2v) is 6.51. The van der Waals surface area contributed by atoms with Crippen LogP contribution >= 0.6 is 23.2 Å². The monoisotopic (exact) mass is 382 g/mol. The lowest BCUT2D eigenvalue weighted by Gasteiger charge is -2.13. The Morgan fingerprint density at radius 2 is 2.04 bits per heavy atom. The van der Waals surface area contributed by atoms with Crippen LogP contribution in [0, 0.1) is 17.0 Å². The van der Waals surface area contributed by atoms with Gasteiger partial charge in [0.25, 0.3) is 11.6 Å². The summed E-state index contributed by atoms with van der Waals surface area (Å²) in [5, 5.41) is 16.6. The van der Waals surface area contributed by atoms with Crippen LogP contribution in [0.5, 0.6) is 0 Å². The first-order valence-electron chi connectivity index (χ1n) is 7.61. The smallest absolute Gasteiger partial charge is 0.293 e. The van der Waals surface area contributed by atoms with Gasteiger partial charge in [-0.05, 0) is 31.5 Å². The fourth-order valence-corrected chi connectivity index (χ4v) is 3.02. The van der Waals surface area contributed by atoms with E-state index in [1.54, 1.807) is 36.5 Å². The van der Waals surface area contributed by atoms with E-state index >= 15 is 0 Å². The standard InChI is InChI=1S/C17H17Cl2N3O3/c1-10-4-3-5-15(22(24)25)17(10)21-16(23)9-20-11(2)13-7-6-12(18)8-14(13)19/h3-8,11,20H,9H2,1-2H3,(H,21,23)/p+1/t11-/m1/s1. The Bertz CT molecular complexity index is 812. The van der Waals surface area contributed by atoms with Crippen LogP contribution in [0.2, 0.25) is 10.0 Å². The molecule has 1 atom stereocenters. The second-order valence-electron chi connectivity index (χ2n) is 5.67. The van der Waals surface area contributed by atoms with E-state index in [4.69, 9.17) is 23.2 Å². The van der Waals surface area contributed by atoms with Crippen molar-refractivity contribution in [1.82, 2.24) is 0 Å². The van der Waals surface area contributed by atoms with Crippen LogP contribution in [-0.2, 0) is 4.79 Å². The number of nitrogens with one attached hydrogen (secondary N) is 1. The van der Waals surface area contributed by atoms with E-state index in [2.05, 4.69) is 5.32 Å². The SMILES string of the molecule is Cc1cccc([N+](=O)[O-])c1NC(=O)C[NH2+][C@H](C)c1ccc(Cl)cc1Cl. The summed E-state index contributed by atoms with van der Waals surface area (Å²) in [6, 6.07) is 9.80. The second kappa shape index (κ2) is 8.29. The van der Waals surface area contributed by atoms with Gasteiger partial charge >= 0.3 is 0 Å². The molecule has 2 aromatic rings. The fraction of sp³-hybridized carbons (Fsp3) is 0.235. The first-order chi connectivity index (χ1) is 11.8. The highest BCUT2D eigenvalue weighted by Crippen LogP contribution is 2.27. The summed E-state index contributed by atoms with van der Waals surface area (Å²) in [4.78, 5) is 22.8. The van der Waals surface area contributed by atoms with Crippen molar-refractivity contribution in [2.45, 2.75) is 19.9 Å². The molecule has 0 fully saturated rings. The third-order valence-corrected chi connectivity index (χ3v) is 4.38.